The molecular formula is C19H33N3O3Si. The molecule has 146 valence electrons. The normalized spacial score (nSPS) is 16.6. The van der Waals surface area contributed by atoms with E-state index in [1.807, 2.05) is 6.07 Å². The molecule has 1 fully saturated rings. The SMILES string of the molecule is COC(=O)c1ccc(N2CCC(CCO[Si](C)(C)C(C)(C)C)CC2)nn1. The number of anilines is 1. The summed E-state index contributed by atoms with van der Waals surface area (Å²) < 4.78 is 11.0. The Balaban J connectivity index is 1.78. The van der Waals surface area contributed by atoms with Gasteiger partial charge in [0.25, 0.3) is 0 Å². The number of methoxy groups -OCH3 is 1. The van der Waals surface area contributed by atoms with Crippen LogP contribution >= 0.6 is 0 Å². The van der Waals surface area contributed by atoms with Crippen molar-refractivity contribution in [3.8, 4) is 0 Å². The summed E-state index contributed by atoms with van der Waals surface area (Å²) >= 11 is 0. The van der Waals surface area contributed by atoms with E-state index in [0.29, 0.717) is 5.92 Å². The van der Waals surface area contributed by atoms with Crippen molar-refractivity contribution < 1.29 is 14.0 Å². The summed E-state index contributed by atoms with van der Waals surface area (Å²) in [6, 6.07) is 3.52. The van der Waals surface area contributed by atoms with Crippen LogP contribution in [0.2, 0.25) is 18.1 Å². The number of ether oxygens (including phenoxy) is 1. The Labute approximate surface area is 158 Å². The van der Waals surface area contributed by atoms with Crippen LogP contribution in [0.5, 0.6) is 0 Å². The van der Waals surface area contributed by atoms with Crippen molar-refractivity contribution in [2.24, 2.45) is 5.92 Å². The van der Waals surface area contributed by atoms with Gasteiger partial charge in [-0.2, -0.15) is 0 Å². The van der Waals surface area contributed by atoms with Crippen LogP contribution in [0, 0.1) is 5.92 Å². The van der Waals surface area contributed by atoms with E-state index in [-0.39, 0.29) is 10.7 Å². The molecule has 0 bridgehead atoms. The summed E-state index contributed by atoms with van der Waals surface area (Å²) in [5.41, 5.74) is 0.244. The zero-order chi connectivity index (χ0) is 19.4. The minimum atomic E-state index is -1.64. The Morgan fingerprint density at radius 2 is 1.88 bits per heavy atom. The van der Waals surface area contributed by atoms with Gasteiger partial charge in [0.1, 0.15) is 0 Å². The Kier molecular flexibility index (Phi) is 6.79. The Bertz CT molecular complexity index is 591. The number of esters is 1. The highest BCUT2D eigenvalue weighted by atomic mass is 28.4. The van der Waals surface area contributed by atoms with Crippen molar-refractivity contribution in [2.45, 2.75) is 58.2 Å². The Morgan fingerprint density at radius 1 is 1.23 bits per heavy atom. The molecule has 0 aromatic carbocycles. The second-order valence-corrected chi connectivity index (χ2v) is 13.4. The number of hydrogen-bond acceptors (Lipinski definition) is 6. The first-order valence-corrected chi connectivity index (χ1v) is 12.4. The maximum atomic E-state index is 11.4. The first kappa shape index (κ1) is 20.8. The van der Waals surface area contributed by atoms with E-state index in [1.165, 1.54) is 7.11 Å². The van der Waals surface area contributed by atoms with Gasteiger partial charge in [-0.15, -0.1) is 10.2 Å². The molecule has 7 heteroatoms. The standard InChI is InChI=1S/C19H33N3O3Si/c1-19(2,3)26(5,6)25-14-11-15-9-12-22(13-10-15)17-8-7-16(20-21-17)18(23)24-4/h7-8,15H,9-14H2,1-6H3. The van der Waals surface area contributed by atoms with E-state index in [2.05, 4.69) is 53.7 Å². The lowest BCUT2D eigenvalue weighted by Gasteiger charge is -2.37. The summed E-state index contributed by atoms with van der Waals surface area (Å²) in [4.78, 5) is 13.7. The van der Waals surface area contributed by atoms with Gasteiger partial charge >= 0.3 is 5.97 Å². The monoisotopic (exact) mass is 379 g/mol. The van der Waals surface area contributed by atoms with Crippen molar-refractivity contribution in [3.63, 3.8) is 0 Å². The molecule has 2 rings (SSSR count). The highest BCUT2D eigenvalue weighted by molar-refractivity contribution is 6.74. The molecule has 0 saturated carbocycles. The van der Waals surface area contributed by atoms with E-state index in [1.54, 1.807) is 6.07 Å². The van der Waals surface area contributed by atoms with Crippen molar-refractivity contribution >= 4 is 20.1 Å². The molecule has 1 aliphatic heterocycles. The topological polar surface area (TPSA) is 64.5 Å². The van der Waals surface area contributed by atoms with E-state index in [9.17, 15) is 4.79 Å². The minimum absolute atomic E-state index is 0.244. The zero-order valence-corrected chi connectivity index (χ0v) is 18.0. The molecule has 0 aliphatic carbocycles. The van der Waals surface area contributed by atoms with Crippen molar-refractivity contribution in [1.29, 1.82) is 0 Å². The number of aromatic nitrogens is 2. The minimum Gasteiger partial charge on any atom is -0.464 e. The van der Waals surface area contributed by atoms with Crippen LogP contribution in [0.3, 0.4) is 0 Å². The molecule has 0 atom stereocenters. The van der Waals surface area contributed by atoms with Crippen LogP contribution in [-0.2, 0) is 9.16 Å². The average Bonchev–Trinajstić information content (AvgIpc) is 2.61. The van der Waals surface area contributed by atoms with Crippen molar-refractivity contribution in [1.82, 2.24) is 10.2 Å². The summed E-state index contributed by atoms with van der Waals surface area (Å²) in [6.45, 7) is 14.3. The summed E-state index contributed by atoms with van der Waals surface area (Å²) in [6.07, 6.45) is 3.41. The molecule has 0 radical (unpaired) electrons. The first-order valence-electron chi connectivity index (χ1n) is 9.45. The molecule has 1 saturated heterocycles. The van der Waals surface area contributed by atoms with Crippen LogP contribution in [-0.4, -0.2) is 51.3 Å². The first-order chi connectivity index (χ1) is 12.1. The van der Waals surface area contributed by atoms with Gasteiger partial charge in [0.2, 0.25) is 0 Å². The summed E-state index contributed by atoms with van der Waals surface area (Å²) in [5.74, 6) is 1.08. The van der Waals surface area contributed by atoms with E-state index in [4.69, 9.17) is 4.43 Å². The largest absolute Gasteiger partial charge is 0.464 e. The van der Waals surface area contributed by atoms with E-state index < -0.39 is 14.3 Å². The lowest BCUT2D eigenvalue weighted by atomic mass is 9.94. The highest BCUT2D eigenvalue weighted by Crippen LogP contribution is 2.37. The lowest BCUT2D eigenvalue weighted by molar-refractivity contribution is 0.0592. The van der Waals surface area contributed by atoms with Gasteiger partial charge in [0, 0.05) is 19.7 Å². The van der Waals surface area contributed by atoms with Crippen molar-refractivity contribution in [3.05, 3.63) is 17.8 Å². The second-order valence-electron chi connectivity index (χ2n) is 8.60. The molecule has 0 N–H and O–H groups in total. The quantitative estimate of drug-likeness (QED) is 0.552. The van der Waals surface area contributed by atoms with E-state index >= 15 is 0 Å². The Hall–Kier alpha value is -1.47. The molecule has 0 amide bonds. The number of piperidine rings is 1. The molecule has 26 heavy (non-hydrogen) atoms. The molecule has 1 aliphatic rings. The summed E-state index contributed by atoms with van der Waals surface area (Å²) in [5, 5.41) is 8.40. The maximum absolute atomic E-state index is 11.4. The summed E-state index contributed by atoms with van der Waals surface area (Å²) in [7, 11) is -0.295. The number of carbonyl (C=O) groups excluding carboxylic acids is 1. The fourth-order valence-corrected chi connectivity index (χ4v) is 3.92. The smallest absolute Gasteiger partial charge is 0.358 e. The van der Waals surface area contributed by atoms with Gasteiger partial charge in [0.05, 0.1) is 7.11 Å². The fourth-order valence-electron chi connectivity index (χ4n) is 2.86. The van der Waals surface area contributed by atoms with Gasteiger partial charge in [0.15, 0.2) is 19.8 Å². The van der Waals surface area contributed by atoms with Crippen LogP contribution in [0.25, 0.3) is 0 Å². The van der Waals surface area contributed by atoms with Gasteiger partial charge < -0.3 is 14.1 Å². The predicted molar refractivity (Wildman–Crippen MR) is 106 cm³/mol. The van der Waals surface area contributed by atoms with Crippen molar-refractivity contribution in [2.75, 3.05) is 31.7 Å². The molecule has 0 spiro atoms. The Morgan fingerprint density at radius 3 is 2.38 bits per heavy atom. The number of hydrogen-bond donors (Lipinski definition) is 0. The number of nitrogens with zero attached hydrogens (tertiary/aromatic N) is 3. The van der Waals surface area contributed by atoms with Gasteiger partial charge in [-0.1, -0.05) is 20.8 Å². The van der Waals surface area contributed by atoms with Gasteiger partial charge in [-0.05, 0) is 55.4 Å². The third-order valence-corrected chi connectivity index (χ3v) is 10.3. The third-order valence-electron chi connectivity index (χ3n) is 5.78. The second kappa shape index (κ2) is 8.48. The number of rotatable bonds is 6. The molecule has 2 heterocycles. The molecule has 1 aromatic heterocycles. The van der Waals surface area contributed by atoms with Gasteiger partial charge in [-0.3, -0.25) is 0 Å². The lowest BCUT2D eigenvalue weighted by Crippen LogP contribution is -2.41. The fraction of sp³-hybridized carbons (Fsp3) is 0.737. The van der Waals surface area contributed by atoms with Crippen LogP contribution < -0.4 is 4.90 Å². The average molecular weight is 380 g/mol. The molecule has 6 nitrogen and oxygen atoms in total. The van der Waals surface area contributed by atoms with Crippen LogP contribution in [0.15, 0.2) is 12.1 Å². The highest BCUT2D eigenvalue weighted by Gasteiger charge is 2.37. The zero-order valence-electron chi connectivity index (χ0n) is 17.0. The molecule has 0 unspecified atom stereocenters. The number of carbonyl (C=O) groups is 1. The van der Waals surface area contributed by atoms with E-state index in [0.717, 1.165) is 44.8 Å². The maximum Gasteiger partial charge on any atom is 0.358 e. The predicted octanol–water partition coefficient (Wildman–Crippen LogP) is 3.89. The van der Waals surface area contributed by atoms with Gasteiger partial charge in [-0.25, -0.2) is 4.79 Å². The van der Waals surface area contributed by atoms with Crippen LogP contribution in [0.1, 0.15) is 50.5 Å². The molecular weight excluding hydrogens is 346 g/mol. The van der Waals surface area contributed by atoms with Crippen LogP contribution in [0.4, 0.5) is 5.82 Å². The third kappa shape index (κ3) is 5.27. The molecule has 1 aromatic rings.